The summed E-state index contributed by atoms with van der Waals surface area (Å²) in [5, 5.41) is 3.49. The van der Waals surface area contributed by atoms with Crippen molar-refractivity contribution in [2.24, 2.45) is 5.92 Å². The van der Waals surface area contributed by atoms with Crippen molar-refractivity contribution < 1.29 is 4.79 Å². The van der Waals surface area contributed by atoms with E-state index >= 15 is 0 Å². The quantitative estimate of drug-likeness (QED) is 0.904. The predicted octanol–water partition coefficient (Wildman–Crippen LogP) is 2.61. The molecule has 1 aromatic carbocycles. The maximum atomic E-state index is 12.5. The van der Waals surface area contributed by atoms with E-state index in [1.807, 2.05) is 0 Å². The Labute approximate surface area is 115 Å². The van der Waals surface area contributed by atoms with Gasteiger partial charge in [0, 0.05) is 6.04 Å². The summed E-state index contributed by atoms with van der Waals surface area (Å²) in [7, 11) is 0. The van der Waals surface area contributed by atoms with Gasteiger partial charge in [0.25, 0.3) is 0 Å². The number of aryl methyl sites for hydroxylation is 1. The van der Waals surface area contributed by atoms with Gasteiger partial charge in [-0.2, -0.15) is 0 Å². The Morgan fingerprint density at radius 3 is 2.47 bits per heavy atom. The van der Waals surface area contributed by atoms with Crippen LogP contribution in [0.4, 0.5) is 0 Å². The molecule has 1 N–H and O–H groups in total. The van der Waals surface area contributed by atoms with E-state index in [2.05, 4.69) is 55.3 Å². The second-order valence-electron chi connectivity index (χ2n) is 5.97. The first-order valence-electron chi connectivity index (χ1n) is 7.26. The molecular weight excluding hydrogens is 236 g/mol. The maximum Gasteiger partial charge on any atom is 0.241 e. The number of carbonyl (C=O) groups is 1. The van der Waals surface area contributed by atoms with Gasteiger partial charge in [0.2, 0.25) is 5.91 Å². The van der Waals surface area contributed by atoms with E-state index in [1.54, 1.807) is 0 Å². The molecule has 2 aliphatic rings. The molecule has 19 heavy (non-hydrogen) atoms. The smallest absolute Gasteiger partial charge is 0.241 e. The molecule has 2 fully saturated rings. The molecule has 4 unspecified atom stereocenters. The lowest BCUT2D eigenvalue weighted by molar-refractivity contribution is -0.130. The summed E-state index contributed by atoms with van der Waals surface area (Å²) in [5.41, 5.74) is 2.46. The molecule has 3 heteroatoms. The van der Waals surface area contributed by atoms with Gasteiger partial charge in [-0.15, -0.1) is 0 Å². The normalized spacial score (nSPS) is 33.8. The Morgan fingerprint density at radius 2 is 1.95 bits per heavy atom. The summed E-state index contributed by atoms with van der Waals surface area (Å²) in [6.07, 6.45) is 2.07. The number of carbonyl (C=O) groups excluding carboxylic acids is 1. The van der Waals surface area contributed by atoms with Crippen LogP contribution in [0.1, 0.15) is 44.0 Å². The summed E-state index contributed by atoms with van der Waals surface area (Å²) in [5.74, 6) is 0.928. The van der Waals surface area contributed by atoms with Crippen molar-refractivity contribution >= 4 is 5.91 Å². The van der Waals surface area contributed by atoms with Crippen LogP contribution in [0.25, 0.3) is 0 Å². The Bertz CT molecular complexity index is 482. The van der Waals surface area contributed by atoms with Gasteiger partial charge in [-0.25, -0.2) is 0 Å². The molecule has 1 saturated carbocycles. The highest BCUT2D eigenvalue weighted by atomic mass is 16.2. The Morgan fingerprint density at radius 1 is 1.32 bits per heavy atom. The molecular formula is C16H22N2O. The van der Waals surface area contributed by atoms with Gasteiger partial charge in [-0.1, -0.05) is 43.7 Å². The van der Waals surface area contributed by atoms with Gasteiger partial charge >= 0.3 is 0 Å². The first kappa shape index (κ1) is 12.7. The van der Waals surface area contributed by atoms with Gasteiger partial charge in [-0.3, -0.25) is 10.1 Å². The van der Waals surface area contributed by atoms with E-state index in [4.69, 9.17) is 0 Å². The zero-order valence-corrected chi connectivity index (χ0v) is 11.9. The minimum atomic E-state index is -0.0147. The van der Waals surface area contributed by atoms with Gasteiger partial charge in [0.05, 0.1) is 6.04 Å². The average Bonchev–Trinajstić information content (AvgIpc) is 3.01. The molecule has 0 radical (unpaired) electrons. The van der Waals surface area contributed by atoms with Crippen LogP contribution in [0, 0.1) is 12.8 Å². The highest BCUT2D eigenvalue weighted by Crippen LogP contribution is 2.42. The molecule has 3 nitrogen and oxygen atoms in total. The topological polar surface area (TPSA) is 32.3 Å². The fourth-order valence-electron chi connectivity index (χ4n) is 2.99. The molecule has 1 amide bonds. The third-order valence-electron chi connectivity index (χ3n) is 4.42. The number of nitrogens with zero attached hydrogens (tertiary/aromatic N) is 1. The largest absolute Gasteiger partial charge is 0.318 e. The van der Waals surface area contributed by atoms with Crippen LogP contribution in [0.2, 0.25) is 0 Å². The second-order valence-corrected chi connectivity index (χ2v) is 5.97. The van der Waals surface area contributed by atoms with Crippen molar-refractivity contribution in [3.63, 3.8) is 0 Å². The van der Waals surface area contributed by atoms with Crippen LogP contribution in [0.5, 0.6) is 0 Å². The Balaban J connectivity index is 1.89. The predicted molar refractivity (Wildman–Crippen MR) is 75.5 cm³/mol. The summed E-state index contributed by atoms with van der Waals surface area (Å²) in [6.45, 7) is 6.39. The fraction of sp³-hybridized carbons (Fsp3) is 0.562. The summed E-state index contributed by atoms with van der Waals surface area (Å²) in [4.78, 5) is 14.6. The summed E-state index contributed by atoms with van der Waals surface area (Å²) < 4.78 is 0. The standard InChI is InChI=1S/C16H22N2O/c1-4-13-16(19)18(14-9-11(14)3)15(17-13)12-7-5-10(2)6-8-12/h5-8,11,13-15,17H,4,9H2,1-3H3. The number of benzene rings is 1. The van der Waals surface area contributed by atoms with Crippen molar-refractivity contribution in [1.82, 2.24) is 10.2 Å². The van der Waals surface area contributed by atoms with Gasteiger partial charge in [0.15, 0.2) is 0 Å². The average molecular weight is 258 g/mol. The van der Waals surface area contributed by atoms with E-state index < -0.39 is 0 Å². The molecule has 1 aromatic rings. The van der Waals surface area contributed by atoms with Crippen molar-refractivity contribution in [3.8, 4) is 0 Å². The van der Waals surface area contributed by atoms with Crippen LogP contribution in [-0.4, -0.2) is 22.9 Å². The minimum absolute atomic E-state index is 0.0147. The third-order valence-corrected chi connectivity index (χ3v) is 4.42. The lowest BCUT2D eigenvalue weighted by Crippen LogP contribution is -2.33. The highest BCUT2D eigenvalue weighted by Gasteiger charge is 2.49. The molecule has 3 rings (SSSR count). The first-order chi connectivity index (χ1) is 9.11. The summed E-state index contributed by atoms with van der Waals surface area (Å²) in [6, 6.07) is 8.93. The fourth-order valence-corrected chi connectivity index (χ4v) is 2.99. The molecule has 0 bridgehead atoms. The molecule has 0 aromatic heterocycles. The van der Waals surface area contributed by atoms with E-state index in [0.717, 1.165) is 12.8 Å². The summed E-state index contributed by atoms with van der Waals surface area (Å²) >= 11 is 0. The minimum Gasteiger partial charge on any atom is -0.318 e. The molecule has 4 atom stereocenters. The van der Waals surface area contributed by atoms with Crippen molar-refractivity contribution in [3.05, 3.63) is 35.4 Å². The van der Waals surface area contributed by atoms with Crippen LogP contribution in [0.3, 0.4) is 0 Å². The van der Waals surface area contributed by atoms with Gasteiger partial charge < -0.3 is 4.90 Å². The van der Waals surface area contributed by atoms with E-state index in [9.17, 15) is 4.79 Å². The van der Waals surface area contributed by atoms with Crippen molar-refractivity contribution in [2.45, 2.75) is 51.9 Å². The van der Waals surface area contributed by atoms with Crippen LogP contribution in [-0.2, 0) is 4.79 Å². The zero-order chi connectivity index (χ0) is 13.6. The zero-order valence-electron chi connectivity index (χ0n) is 11.9. The van der Waals surface area contributed by atoms with E-state index in [1.165, 1.54) is 11.1 Å². The molecule has 102 valence electrons. The molecule has 1 heterocycles. The first-order valence-corrected chi connectivity index (χ1v) is 7.26. The molecule has 0 spiro atoms. The van der Waals surface area contributed by atoms with Gasteiger partial charge in [0.1, 0.15) is 6.17 Å². The molecule has 1 aliphatic heterocycles. The molecule has 1 aliphatic carbocycles. The number of hydrogen-bond acceptors (Lipinski definition) is 2. The van der Waals surface area contributed by atoms with Crippen LogP contribution < -0.4 is 5.32 Å². The van der Waals surface area contributed by atoms with Crippen LogP contribution >= 0.6 is 0 Å². The van der Waals surface area contributed by atoms with Crippen LogP contribution in [0.15, 0.2) is 24.3 Å². The van der Waals surface area contributed by atoms with E-state index in [-0.39, 0.29) is 18.1 Å². The number of hydrogen-bond donors (Lipinski definition) is 1. The highest BCUT2D eigenvalue weighted by molar-refractivity contribution is 5.85. The monoisotopic (exact) mass is 258 g/mol. The number of nitrogens with one attached hydrogen (secondary N) is 1. The van der Waals surface area contributed by atoms with Crippen molar-refractivity contribution in [2.75, 3.05) is 0 Å². The molecule has 1 saturated heterocycles. The second kappa shape index (κ2) is 4.64. The Hall–Kier alpha value is -1.35. The third kappa shape index (κ3) is 2.16. The lowest BCUT2D eigenvalue weighted by Gasteiger charge is -2.25. The van der Waals surface area contributed by atoms with Crippen molar-refractivity contribution in [1.29, 1.82) is 0 Å². The maximum absolute atomic E-state index is 12.5. The SMILES string of the molecule is CCC1NC(c2ccc(C)cc2)N(C2CC2C)C1=O. The van der Waals surface area contributed by atoms with Gasteiger partial charge in [-0.05, 0) is 31.2 Å². The number of rotatable bonds is 3. The Kier molecular flexibility index (Phi) is 3.09. The van der Waals surface area contributed by atoms with E-state index in [0.29, 0.717) is 12.0 Å². The lowest BCUT2D eigenvalue weighted by atomic mass is 10.1. The number of amides is 1.